The molecule has 0 amide bonds. The van der Waals surface area contributed by atoms with Gasteiger partial charge >= 0.3 is 0 Å². The first-order valence-electron chi connectivity index (χ1n) is 6.63. The Kier molecular flexibility index (Phi) is 4.03. The Morgan fingerprint density at radius 3 is 2.38 bits per heavy atom. The Balaban J connectivity index is 2.10. The third-order valence-corrected chi connectivity index (χ3v) is 4.37. The van der Waals surface area contributed by atoms with Crippen LogP contribution in [0.5, 0.6) is 0 Å². The third-order valence-electron chi connectivity index (χ3n) is 3.39. The number of benzene rings is 3. The molecule has 100 valence electrons. The minimum Gasteiger partial charge on any atom is -0.192 e. The zero-order chi connectivity index (χ0) is 14.7. The summed E-state index contributed by atoms with van der Waals surface area (Å²) in [5.74, 6) is 0. The van der Waals surface area contributed by atoms with Crippen LogP contribution in [0.3, 0.4) is 0 Å². The van der Waals surface area contributed by atoms with Gasteiger partial charge in [-0.1, -0.05) is 54.6 Å². The molecule has 0 spiro atoms. The molecule has 0 saturated carbocycles. The van der Waals surface area contributed by atoms with Crippen molar-refractivity contribution >= 4 is 45.0 Å². The second-order valence-corrected chi connectivity index (χ2v) is 5.92. The molecule has 0 saturated heterocycles. The molecule has 0 aliphatic rings. The van der Waals surface area contributed by atoms with Crippen molar-refractivity contribution in [2.75, 3.05) is 0 Å². The van der Waals surface area contributed by atoms with Crippen LogP contribution in [0.15, 0.2) is 66.7 Å². The SMILES string of the molecule is N#C/C(=C/c1ccccc1I)c1ccc2ccccc2c1. The maximum Gasteiger partial charge on any atom is 0.0998 e. The molecule has 0 aliphatic carbocycles. The van der Waals surface area contributed by atoms with E-state index in [1.807, 2.05) is 48.5 Å². The Labute approximate surface area is 137 Å². The molecule has 0 heterocycles. The number of halogens is 1. The Bertz CT molecular complexity index is 872. The van der Waals surface area contributed by atoms with E-state index in [0.29, 0.717) is 5.57 Å². The van der Waals surface area contributed by atoms with Gasteiger partial charge in [-0.25, -0.2) is 0 Å². The van der Waals surface area contributed by atoms with Gasteiger partial charge in [0.1, 0.15) is 0 Å². The largest absolute Gasteiger partial charge is 0.192 e. The second-order valence-electron chi connectivity index (χ2n) is 4.75. The van der Waals surface area contributed by atoms with Gasteiger partial charge < -0.3 is 0 Å². The van der Waals surface area contributed by atoms with Crippen LogP contribution in [0.2, 0.25) is 0 Å². The molecule has 0 aliphatic heterocycles. The van der Waals surface area contributed by atoms with Gasteiger partial charge in [-0.2, -0.15) is 5.26 Å². The summed E-state index contributed by atoms with van der Waals surface area (Å²) in [5, 5.41) is 11.8. The predicted octanol–water partition coefficient (Wildman–Crippen LogP) is 5.51. The first-order chi connectivity index (χ1) is 10.3. The molecule has 1 nitrogen and oxygen atoms in total. The fourth-order valence-corrected chi connectivity index (χ4v) is 2.83. The number of hydrogen-bond acceptors (Lipinski definition) is 1. The average molecular weight is 381 g/mol. The predicted molar refractivity (Wildman–Crippen MR) is 96.6 cm³/mol. The van der Waals surface area contributed by atoms with E-state index < -0.39 is 0 Å². The molecule has 0 radical (unpaired) electrons. The fourth-order valence-electron chi connectivity index (χ4n) is 2.28. The van der Waals surface area contributed by atoms with Crippen molar-refractivity contribution in [3.8, 4) is 6.07 Å². The summed E-state index contributed by atoms with van der Waals surface area (Å²) < 4.78 is 1.14. The van der Waals surface area contributed by atoms with Crippen LogP contribution >= 0.6 is 22.6 Å². The van der Waals surface area contributed by atoms with Crippen LogP contribution in [0.4, 0.5) is 0 Å². The number of nitriles is 1. The summed E-state index contributed by atoms with van der Waals surface area (Å²) in [6.45, 7) is 0. The minimum absolute atomic E-state index is 0.685. The van der Waals surface area contributed by atoms with Crippen LogP contribution in [0, 0.1) is 14.9 Å². The molecule has 3 aromatic carbocycles. The summed E-state index contributed by atoms with van der Waals surface area (Å²) in [4.78, 5) is 0. The minimum atomic E-state index is 0.685. The van der Waals surface area contributed by atoms with Crippen LogP contribution in [0.1, 0.15) is 11.1 Å². The number of fused-ring (bicyclic) bond motifs is 1. The number of rotatable bonds is 2. The van der Waals surface area contributed by atoms with Crippen molar-refractivity contribution in [3.05, 3.63) is 81.4 Å². The van der Waals surface area contributed by atoms with E-state index in [1.165, 1.54) is 5.39 Å². The van der Waals surface area contributed by atoms with E-state index in [4.69, 9.17) is 0 Å². The quantitative estimate of drug-likeness (QED) is 0.326. The summed E-state index contributed by atoms with van der Waals surface area (Å²) >= 11 is 2.29. The highest BCUT2D eigenvalue weighted by Gasteiger charge is 2.04. The lowest BCUT2D eigenvalue weighted by Crippen LogP contribution is -1.85. The highest BCUT2D eigenvalue weighted by molar-refractivity contribution is 14.1. The van der Waals surface area contributed by atoms with Crippen LogP contribution < -0.4 is 0 Å². The average Bonchev–Trinajstić information content (AvgIpc) is 2.54. The van der Waals surface area contributed by atoms with E-state index >= 15 is 0 Å². The second kappa shape index (κ2) is 6.11. The molecule has 0 bridgehead atoms. The highest BCUT2D eigenvalue weighted by atomic mass is 127. The molecule has 0 atom stereocenters. The normalized spacial score (nSPS) is 11.3. The van der Waals surface area contributed by atoms with Crippen molar-refractivity contribution in [3.63, 3.8) is 0 Å². The summed E-state index contributed by atoms with van der Waals surface area (Å²) in [5.41, 5.74) is 2.71. The molecule has 3 rings (SSSR count). The van der Waals surface area contributed by atoms with E-state index in [9.17, 15) is 5.26 Å². The van der Waals surface area contributed by atoms with E-state index in [0.717, 1.165) is 20.1 Å². The lowest BCUT2D eigenvalue weighted by molar-refractivity contribution is 1.52. The van der Waals surface area contributed by atoms with Gasteiger partial charge in [-0.3, -0.25) is 0 Å². The molecule has 0 N–H and O–H groups in total. The Morgan fingerprint density at radius 2 is 1.62 bits per heavy atom. The van der Waals surface area contributed by atoms with Gasteiger partial charge in [0.15, 0.2) is 0 Å². The monoisotopic (exact) mass is 381 g/mol. The van der Waals surface area contributed by atoms with E-state index in [1.54, 1.807) is 0 Å². The molecule has 3 aromatic rings. The number of allylic oxidation sites excluding steroid dienone is 1. The van der Waals surface area contributed by atoms with Gasteiger partial charge in [0.2, 0.25) is 0 Å². The lowest BCUT2D eigenvalue weighted by atomic mass is 10.0. The van der Waals surface area contributed by atoms with Crippen molar-refractivity contribution in [2.24, 2.45) is 0 Å². The van der Waals surface area contributed by atoms with Crippen LogP contribution in [-0.4, -0.2) is 0 Å². The van der Waals surface area contributed by atoms with Gasteiger partial charge in [-0.05, 0) is 62.7 Å². The summed E-state index contributed by atoms with van der Waals surface area (Å²) in [6.07, 6.45) is 1.95. The zero-order valence-corrected chi connectivity index (χ0v) is 13.4. The van der Waals surface area contributed by atoms with E-state index in [-0.39, 0.29) is 0 Å². The third kappa shape index (κ3) is 2.98. The van der Waals surface area contributed by atoms with Gasteiger partial charge in [0, 0.05) is 3.57 Å². The molecule has 2 heteroatoms. The molecular formula is C19H12IN. The van der Waals surface area contributed by atoms with Crippen molar-refractivity contribution in [1.82, 2.24) is 0 Å². The van der Waals surface area contributed by atoms with Crippen LogP contribution in [0.25, 0.3) is 22.4 Å². The maximum absolute atomic E-state index is 9.48. The van der Waals surface area contributed by atoms with E-state index in [2.05, 4.69) is 52.9 Å². The molecule has 21 heavy (non-hydrogen) atoms. The zero-order valence-electron chi connectivity index (χ0n) is 11.3. The molecule has 0 aromatic heterocycles. The first-order valence-corrected chi connectivity index (χ1v) is 7.71. The first kappa shape index (κ1) is 13.8. The maximum atomic E-state index is 9.48. The lowest BCUT2D eigenvalue weighted by Gasteiger charge is -2.04. The van der Waals surface area contributed by atoms with Crippen molar-refractivity contribution in [1.29, 1.82) is 5.26 Å². The van der Waals surface area contributed by atoms with Crippen molar-refractivity contribution in [2.45, 2.75) is 0 Å². The summed E-state index contributed by atoms with van der Waals surface area (Å²) in [6, 6.07) is 24.7. The van der Waals surface area contributed by atoms with Crippen molar-refractivity contribution < 1.29 is 0 Å². The molecule has 0 unspecified atom stereocenters. The van der Waals surface area contributed by atoms with Gasteiger partial charge in [-0.15, -0.1) is 0 Å². The number of hydrogen-bond donors (Lipinski definition) is 0. The van der Waals surface area contributed by atoms with Crippen LogP contribution in [-0.2, 0) is 0 Å². The fraction of sp³-hybridized carbons (Fsp3) is 0. The smallest absolute Gasteiger partial charge is 0.0998 e. The standard InChI is InChI=1S/C19H12IN/c20-19-8-4-3-7-17(19)12-18(13-21)16-10-9-14-5-1-2-6-15(14)11-16/h1-12H/b18-12-. The highest BCUT2D eigenvalue weighted by Crippen LogP contribution is 2.24. The molecule has 0 fully saturated rings. The summed E-state index contributed by atoms with van der Waals surface area (Å²) in [7, 11) is 0. The Morgan fingerprint density at radius 1 is 0.905 bits per heavy atom. The van der Waals surface area contributed by atoms with Gasteiger partial charge in [0.25, 0.3) is 0 Å². The molecular weight excluding hydrogens is 369 g/mol. The Hall–Kier alpha value is -2.12. The topological polar surface area (TPSA) is 23.8 Å². The van der Waals surface area contributed by atoms with Gasteiger partial charge in [0.05, 0.1) is 11.6 Å². The number of nitrogens with zero attached hydrogens (tertiary/aromatic N) is 1.